The minimum absolute atomic E-state index is 0.121. The minimum Gasteiger partial charge on any atom is -0.490 e. The molecule has 0 saturated carbocycles. The van der Waals surface area contributed by atoms with Crippen molar-refractivity contribution in [2.45, 2.75) is 34.1 Å². The number of carbonyl (C=O) groups excluding carboxylic acids is 1. The van der Waals surface area contributed by atoms with Gasteiger partial charge in [-0.3, -0.25) is 9.20 Å². The summed E-state index contributed by atoms with van der Waals surface area (Å²) in [5.41, 5.74) is 4.29. The molecule has 0 aliphatic rings. The van der Waals surface area contributed by atoms with E-state index in [4.69, 9.17) is 9.47 Å². The van der Waals surface area contributed by atoms with E-state index in [0.29, 0.717) is 31.9 Å². The molecule has 2 aromatic heterocycles. The smallest absolute Gasteiger partial charge is 0.270 e. The summed E-state index contributed by atoms with van der Waals surface area (Å²) in [6.07, 6.45) is 2.59. The first kappa shape index (κ1) is 19.7. The number of hydrogen-bond donors (Lipinski definition) is 1. The maximum Gasteiger partial charge on any atom is 0.270 e. The highest BCUT2D eigenvalue weighted by Crippen LogP contribution is 2.28. The Hall–Kier alpha value is -3.02. The fraction of sp³-hybridized carbons (Fsp3) is 0.364. The quantitative estimate of drug-likeness (QED) is 0.646. The van der Waals surface area contributed by atoms with E-state index in [-0.39, 0.29) is 5.91 Å². The Morgan fingerprint density at radius 3 is 2.57 bits per heavy atom. The van der Waals surface area contributed by atoms with Gasteiger partial charge in [0.25, 0.3) is 5.91 Å². The number of nitrogens with one attached hydrogen (secondary N) is 1. The summed E-state index contributed by atoms with van der Waals surface area (Å²) in [4.78, 5) is 17.2. The third-order valence-corrected chi connectivity index (χ3v) is 4.48. The van der Waals surface area contributed by atoms with Gasteiger partial charge in [-0.25, -0.2) is 4.98 Å². The lowest BCUT2D eigenvalue weighted by Crippen LogP contribution is -2.27. The molecule has 0 saturated heterocycles. The predicted molar refractivity (Wildman–Crippen MR) is 109 cm³/mol. The van der Waals surface area contributed by atoms with Gasteiger partial charge in [-0.05, 0) is 69.5 Å². The van der Waals surface area contributed by atoms with Crippen molar-refractivity contribution in [3.05, 3.63) is 59.0 Å². The Morgan fingerprint density at radius 2 is 1.82 bits per heavy atom. The van der Waals surface area contributed by atoms with Crippen LogP contribution >= 0.6 is 0 Å². The molecular weight excluding hydrogens is 354 g/mol. The zero-order chi connectivity index (χ0) is 20.1. The van der Waals surface area contributed by atoms with E-state index >= 15 is 0 Å². The Balaban J connectivity index is 1.67. The van der Waals surface area contributed by atoms with E-state index in [1.54, 1.807) is 0 Å². The van der Waals surface area contributed by atoms with Gasteiger partial charge in [0.1, 0.15) is 11.3 Å². The third kappa shape index (κ3) is 4.27. The van der Waals surface area contributed by atoms with Gasteiger partial charge in [0.05, 0.1) is 18.9 Å². The number of aromatic nitrogens is 2. The van der Waals surface area contributed by atoms with E-state index in [1.165, 1.54) is 0 Å². The van der Waals surface area contributed by atoms with E-state index in [1.807, 2.05) is 68.6 Å². The first-order chi connectivity index (χ1) is 13.5. The standard InChI is InChI=1S/C22H27N3O3/c1-5-27-18-8-7-17(14-19(18)28-6-2)9-11-23-22(26)21-16(4)24-20-13-15(3)10-12-25(20)21/h7-8,10,12-14H,5-6,9,11H2,1-4H3,(H,23,26). The van der Waals surface area contributed by atoms with Crippen LogP contribution in [-0.2, 0) is 6.42 Å². The van der Waals surface area contributed by atoms with Gasteiger partial charge in [-0.2, -0.15) is 0 Å². The van der Waals surface area contributed by atoms with E-state index in [2.05, 4.69) is 10.3 Å². The van der Waals surface area contributed by atoms with Crippen LogP contribution in [0.25, 0.3) is 5.65 Å². The molecular formula is C22H27N3O3. The van der Waals surface area contributed by atoms with E-state index in [0.717, 1.165) is 34.0 Å². The molecule has 0 bridgehead atoms. The van der Waals surface area contributed by atoms with Crippen molar-refractivity contribution in [1.82, 2.24) is 14.7 Å². The second-order valence-corrected chi connectivity index (χ2v) is 6.63. The molecule has 0 aliphatic carbocycles. The lowest BCUT2D eigenvalue weighted by atomic mass is 10.1. The fourth-order valence-electron chi connectivity index (χ4n) is 3.19. The van der Waals surface area contributed by atoms with Crippen molar-refractivity contribution >= 4 is 11.6 Å². The Morgan fingerprint density at radius 1 is 1.07 bits per heavy atom. The van der Waals surface area contributed by atoms with Gasteiger partial charge in [-0.1, -0.05) is 6.07 Å². The first-order valence-electron chi connectivity index (χ1n) is 9.65. The van der Waals surface area contributed by atoms with Crippen LogP contribution < -0.4 is 14.8 Å². The molecule has 1 amide bonds. The number of imidazole rings is 1. The van der Waals surface area contributed by atoms with Gasteiger partial charge in [0, 0.05) is 12.7 Å². The summed E-state index contributed by atoms with van der Waals surface area (Å²) in [6.45, 7) is 9.46. The van der Waals surface area contributed by atoms with Crippen LogP contribution in [0.4, 0.5) is 0 Å². The van der Waals surface area contributed by atoms with Gasteiger partial charge in [0.15, 0.2) is 11.5 Å². The lowest BCUT2D eigenvalue weighted by Gasteiger charge is -2.12. The van der Waals surface area contributed by atoms with Crippen molar-refractivity contribution in [3.8, 4) is 11.5 Å². The summed E-state index contributed by atoms with van der Waals surface area (Å²) in [5.74, 6) is 1.36. The number of hydrogen-bond acceptors (Lipinski definition) is 4. The van der Waals surface area contributed by atoms with Crippen LogP contribution in [0.3, 0.4) is 0 Å². The molecule has 148 valence electrons. The molecule has 1 N–H and O–H groups in total. The molecule has 3 rings (SSSR count). The summed E-state index contributed by atoms with van der Waals surface area (Å²) >= 11 is 0. The van der Waals surface area contributed by atoms with Crippen molar-refractivity contribution in [3.63, 3.8) is 0 Å². The summed E-state index contributed by atoms with van der Waals surface area (Å²) < 4.78 is 13.1. The molecule has 0 radical (unpaired) electrons. The molecule has 3 aromatic rings. The number of pyridine rings is 1. The van der Waals surface area contributed by atoms with Crippen LogP contribution in [0.15, 0.2) is 36.5 Å². The summed E-state index contributed by atoms with van der Waals surface area (Å²) in [7, 11) is 0. The highest BCUT2D eigenvalue weighted by Gasteiger charge is 2.16. The number of ether oxygens (including phenoxy) is 2. The summed E-state index contributed by atoms with van der Waals surface area (Å²) in [5, 5.41) is 3.00. The Labute approximate surface area is 165 Å². The van der Waals surface area contributed by atoms with Gasteiger partial charge in [0.2, 0.25) is 0 Å². The molecule has 6 heteroatoms. The molecule has 1 aromatic carbocycles. The van der Waals surface area contributed by atoms with Gasteiger partial charge < -0.3 is 14.8 Å². The van der Waals surface area contributed by atoms with E-state index < -0.39 is 0 Å². The largest absolute Gasteiger partial charge is 0.490 e. The predicted octanol–water partition coefficient (Wildman–Crippen LogP) is 3.72. The lowest BCUT2D eigenvalue weighted by molar-refractivity contribution is 0.0947. The zero-order valence-electron chi connectivity index (χ0n) is 16.9. The number of amides is 1. The van der Waals surface area contributed by atoms with Crippen LogP contribution in [0, 0.1) is 13.8 Å². The highest BCUT2D eigenvalue weighted by molar-refractivity contribution is 5.94. The second-order valence-electron chi connectivity index (χ2n) is 6.63. The normalized spacial score (nSPS) is 10.9. The number of fused-ring (bicyclic) bond motifs is 1. The van der Waals surface area contributed by atoms with Gasteiger partial charge >= 0.3 is 0 Å². The first-order valence-corrected chi connectivity index (χ1v) is 9.65. The Bertz CT molecular complexity index is 979. The number of rotatable bonds is 8. The third-order valence-electron chi connectivity index (χ3n) is 4.48. The topological polar surface area (TPSA) is 64.9 Å². The second kappa shape index (κ2) is 8.78. The minimum atomic E-state index is -0.121. The molecule has 0 spiro atoms. The number of aryl methyl sites for hydroxylation is 2. The molecule has 0 unspecified atom stereocenters. The molecule has 0 fully saturated rings. The van der Waals surface area contributed by atoms with Crippen molar-refractivity contribution in [1.29, 1.82) is 0 Å². The number of carbonyl (C=O) groups is 1. The maximum atomic E-state index is 12.7. The Kier molecular flexibility index (Phi) is 6.19. The summed E-state index contributed by atoms with van der Waals surface area (Å²) in [6, 6.07) is 9.84. The van der Waals surface area contributed by atoms with Crippen molar-refractivity contribution in [2.75, 3.05) is 19.8 Å². The van der Waals surface area contributed by atoms with Crippen molar-refractivity contribution in [2.24, 2.45) is 0 Å². The van der Waals surface area contributed by atoms with Crippen LogP contribution in [0.1, 0.15) is 41.2 Å². The molecule has 0 aliphatic heterocycles. The maximum absolute atomic E-state index is 12.7. The average molecular weight is 381 g/mol. The molecule has 6 nitrogen and oxygen atoms in total. The van der Waals surface area contributed by atoms with Crippen LogP contribution in [-0.4, -0.2) is 35.1 Å². The highest BCUT2D eigenvalue weighted by atomic mass is 16.5. The SMILES string of the molecule is CCOc1ccc(CCNC(=O)c2c(C)nc3cc(C)ccn23)cc1OCC. The molecule has 2 heterocycles. The van der Waals surface area contributed by atoms with E-state index in [9.17, 15) is 4.79 Å². The monoisotopic (exact) mass is 381 g/mol. The van der Waals surface area contributed by atoms with Gasteiger partial charge in [-0.15, -0.1) is 0 Å². The number of nitrogens with zero attached hydrogens (tertiary/aromatic N) is 2. The zero-order valence-corrected chi connectivity index (χ0v) is 16.9. The molecule has 0 atom stereocenters. The number of benzene rings is 1. The van der Waals surface area contributed by atoms with Crippen LogP contribution in [0.2, 0.25) is 0 Å². The average Bonchev–Trinajstić information content (AvgIpc) is 2.98. The van der Waals surface area contributed by atoms with Crippen molar-refractivity contribution < 1.29 is 14.3 Å². The fourth-order valence-corrected chi connectivity index (χ4v) is 3.19. The molecule has 28 heavy (non-hydrogen) atoms. The van der Waals surface area contributed by atoms with Crippen LogP contribution in [0.5, 0.6) is 11.5 Å².